The van der Waals surface area contributed by atoms with Crippen LogP contribution in [0.2, 0.25) is 0 Å². The first kappa shape index (κ1) is 22.2. The molecule has 31 heavy (non-hydrogen) atoms. The van der Waals surface area contributed by atoms with Crippen molar-refractivity contribution in [1.82, 2.24) is 0 Å². The molecule has 0 spiro atoms. The molecule has 3 nitrogen and oxygen atoms in total. The maximum atomic E-state index is 13.6. The van der Waals surface area contributed by atoms with Crippen LogP contribution in [0.3, 0.4) is 0 Å². The highest BCUT2D eigenvalue weighted by Gasteiger charge is 2.47. The van der Waals surface area contributed by atoms with Gasteiger partial charge in [-0.3, -0.25) is 4.79 Å². The monoisotopic (exact) mass is 495 g/mol. The van der Waals surface area contributed by atoms with Gasteiger partial charge in [-0.15, -0.1) is 13.2 Å². The Balaban J connectivity index is 1.69. The summed E-state index contributed by atoms with van der Waals surface area (Å²) in [4.78, 5) is 15.5. The third kappa shape index (κ3) is 4.47. The lowest BCUT2D eigenvalue weighted by Crippen LogP contribution is -2.49. The molecule has 1 amide bonds. The van der Waals surface area contributed by atoms with Crippen molar-refractivity contribution in [2.45, 2.75) is 50.9 Å². The smallest absolute Gasteiger partial charge is 0.406 e. The van der Waals surface area contributed by atoms with Crippen molar-refractivity contribution in [2.75, 3.05) is 10.2 Å². The van der Waals surface area contributed by atoms with Gasteiger partial charge in [0, 0.05) is 22.6 Å². The van der Waals surface area contributed by atoms with Crippen molar-refractivity contribution >= 4 is 27.5 Å². The molecule has 0 N–H and O–H groups in total. The molecule has 1 aliphatic carbocycles. The topological polar surface area (TPSA) is 29.5 Å². The number of amides is 1. The normalized spacial score (nSPS) is 23.8. The summed E-state index contributed by atoms with van der Waals surface area (Å²) in [5.41, 5.74) is 2.49. The van der Waals surface area contributed by atoms with Gasteiger partial charge in [0.2, 0.25) is 0 Å². The van der Waals surface area contributed by atoms with E-state index in [0.717, 1.165) is 36.7 Å². The van der Waals surface area contributed by atoms with Crippen LogP contribution in [0.5, 0.6) is 5.75 Å². The zero-order chi connectivity index (χ0) is 22.2. The number of benzene rings is 2. The van der Waals surface area contributed by atoms with Crippen molar-refractivity contribution < 1.29 is 22.7 Å². The van der Waals surface area contributed by atoms with Gasteiger partial charge in [-0.2, -0.15) is 0 Å². The molecule has 2 aromatic rings. The van der Waals surface area contributed by atoms with E-state index in [-0.39, 0.29) is 17.7 Å². The van der Waals surface area contributed by atoms with Crippen LogP contribution in [0.15, 0.2) is 48.5 Å². The Kier molecular flexibility index (Phi) is 6.33. The number of alkyl halides is 4. The molecule has 1 saturated carbocycles. The number of anilines is 1. The fraction of sp³-hybridized carbons (Fsp3) is 0.458. The average molecular weight is 496 g/mol. The number of fused-ring (bicyclic) bond motifs is 2. The van der Waals surface area contributed by atoms with E-state index in [4.69, 9.17) is 0 Å². The first-order valence-corrected chi connectivity index (χ1v) is 11.8. The molecule has 166 valence electrons. The van der Waals surface area contributed by atoms with Crippen LogP contribution in [0.4, 0.5) is 18.9 Å². The van der Waals surface area contributed by atoms with Crippen LogP contribution in [0.25, 0.3) is 0 Å². The molecule has 1 heterocycles. The van der Waals surface area contributed by atoms with Gasteiger partial charge < -0.3 is 9.64 Å². The number of carbonyl (C=O) groups is 1. The number of para-hydroxylation sites is 1. The minimum absolute atomic E-state index is 0.108. The fourth-order valence-electron chi connectivity index (χ4n) is 5.39. The van der Waals surface area contributed by atoms with E-state index >= 15 is 0 Å². The lowest BCUT2D eigenvalue weighted by Gasteiger charge is -2.46. The van der Waals surface area contributed by atoms with E-state index in [1.165, 1.54) is 29.8 Å². The average Bonchev–Trinajstić information content (AvgIpc) is 3.19. The van der Waals surface area contributed by atoms with E-state index in [9.17, 15) is 18.0 Å². The number of rotatable bonds is 5. The first-order valence-electron chi connectivity index (χ1n) is 10.6. The van der Waals surface area contributed by atoms with Gasteiger partial charge in [-0.1, -0.05) is 47.5 Å². The van der Waals surface area contributed by atoms with E-state index < -0.39 is 6.36 Å². The van der Waals surface area contributed by atoms with Gasteiger partial charge in [0.25, 0.3) is 5.91 Å². The molecule has 4 unspecified atom stereocenters. The Morgan fingerprint density at radius 3 is 2.55 bits per heavy atom. The first-order chi connectivity index (χ1) is 14.8. The van der Waals surface area contributed by atoms with E-state index in [1.807, 2.05) is 23.1 Å². The second-order valence-corrected chi connectivity index (χ2v) is 9.24. The van der Waals surface area contributed by atoms with Crippen molar-refractivity contribution in [1.29, 1.82) is 0 Å². The van der Waals surface area contributed by atoms with Gasteiger partial charge >= 0.3 is 6.36 Å². The molecular formula is C24H25BrF3NO2. The summed E-state index contributed by atoms with van der Waals surface area (Å²) in [6.07, 6.45) is -0.592. The summed E-state index contributed by atoms with van der Waals surface area (Å²) in [7, 11) is 0. The quantitative estimate of drug-likeness (QED) is 0.421. The summed E-state index contributed by atoms with van der Waals surface area (Å²) in [5.74, 6) is 0.774. The third-order valence-electron chi connectivity index (χ3n) is 6.61. The van der Waals surface area contributed by atoms with Crippen LogP contribution < -0.4 is 9.64 Å². The standard InChI is InChI=1S/C24H25BrF3NO2/c1-15(13-14-25)22-18-5-2-3-7-20(18)29(21-8-4-6-19(21)22)23(30)16-9-11-17(12-10-16)31-24(26,27)28/h2-3,5,7,9-12,15,19,21-22H,4,6,8,13-14H2,1H3. The van der Waals surface area contributed by atoms with Gasteiger partial charge in [0.15, 0.2) is 0 Å². The molecule has 2 aliphatic rings. The lowest BCUT2D eigenvalue weighted by molar-refractivity contribution is -0.274. The lowest BCUT2D eigenvalue weighted by atomic mass is 9.70. The number of nitrogens with zero attached hydrogens (tertiary/aromatic N) is 1. The summed E-state index contributed by atoms with van der Waals surface area (Å²) >= 11 is 3.57. The molecule has 0 aromatic heterocycles. The highest BCUT2D eigenvalue weighted by Crippen LogP contribution is 2.52. The van der Waals surface area contributed by atoms with E-state index in [1.54, 1.807) is 0 Å². The Labute approximate surface area is 188 Å². The predicted molar refractivity (Wildman–Crippen MR) is 118 cm³/mol. The van der Waals surface area contributed by atoms with Crippen molar-refractivity contribution in [3.8, 4) is 5.75 Å². The largest absolute Gasteiger partial charge is 0.573 e. The summed E-state index contributed by atoms with van der Waals surface area (Å²) in [5, 5.41) is 0.944. The number of halogens is 4. The Morgan fingerprint density at radius 1 is 1.16 bits per heavy atom. The summed E-state index contributed by atoms with van der Waals surface area (Å²) in [6.45, 7) is 2.29. The molecule has 2 aromatic carbocycles. The van der Waals surface area contributed by atoms with Gasteiger partial charge in [0.1, 0.15) is 5.75 Å². The third-order valence-corrected chi connectivity index (χ3v) is 7.07. The minimum atomic E-state index is -4.75. The van der Waals surface area contributed by atoms with Crippen molar-refractivity contribution in [2.24, 2.45) is 11.8 Å². The van der Waals surface area contributed by atoms with Gasteiger partial charge in [-0.05, 0) is 72.9 Å². The van der Waals surface area contributed by atoms with Crippen molar-refractivity contribution in [3.63, 3.8) is 0 Å². The second-order valence-electron chi connectivity index (χ2n) is 8.45. The minimum Gasteiger partial charge on any atom is -0.406 e. The number of hydrogen-bond acceptors (Lipinski definition) is 2. The molecule has 4 rings (SSSR count). The molecule has 0 radical (unpaired) electrons. The number of hydrogen-bond donors (Lipinski definition) is 0. The molecular weight excluding hydrogens is 471 g/mol. The van der Waals surface area contributed by atoms with Crippen LogP contribution in [-0.4, -0.2) is 23.6 Å². The second kappa shape index (κ2) is 8.85. The Bertz CT molecular complexity index is 931. The van der Waals surface area contributed by atoms with Gasteiger partial charge in [0.05, 0.1) is 0 Å². The van der Waals surface area contributed by atoms with Crippen LogP contribution in [0, 0.1) is 11.8 Å². The van der Waals surface area contributed by atoms with Crippen molar-refractivity contribution in [3.05, 3.63) is 59.7 Å². The predicted octanol–water partition coefficient (Wildman–Crippen LogP) is 6.92. The molecule has 1 fully saturated rings. The molecule has 7 heteroatoms. The maximum Gasteiger partial charge on any atom is 0.573 e. The Hall–Kier alpha value is -2.02. The van der Waals surface area contributed by atoms with Gasteiger partial charge in [-0.25, -0.2) is 0 Å². The molecule has 4 atom stereocenters. The van der Waals surface area contributed by atoms with E-state index in [0.29, 0.717) is 23.3 Å². The van der Waals surface area contributed by atoms with E-state index in [2.05, 4.69) is 33.7 Å². The Morgan fingerprint density at radius 2 is 1.87 bits per heavy atom. The zero-order valence-electron chi connectivity index (χ0n) is 17.2. The SMILES string of the molecule is CC(CCBr)C1c2ccccc2N(C(=O)c2ccc(OC(F)(F)F)cc2)C2CCCC12. The molecule has 0 bridgehead atoms. The highest BCUT2D eigenvalue weighted by molar-refractivity contribution is 9.09. The number of carbonyl (C=O) groups excluding carboxylic acids is 1. The summed E-state index contributed by atoms with van der Waals surface area (Å²) < 4.78 is 41.3. The van der Waals surface area contributed by atoms with Crippen LogP contribution in [-0.2, 0) is 0 Å². The molecule has 0 saturated heterocycles. The highest BCUT2D eigenvalue weighted by atomic mass is 79.9. The number of ether oxygens (including phenoxy) is 1. The fourth-order valence-corrected chi connectivity index (χ4v) is 6.11. The zero-order valence-corrected chi connectivity index (χ0v) is 18.8. The van der Waals surface area contributed by atoms with Crippen LogP contribution in [0.1, 0.15) is 54.4 Å². The summed E-state index contributed by atoms with van der Waals surface area (Å²) in [6, 6.07) is 13.4. The van der Waals surface area contributed by atoms with Crippen LogP contribution >= 0.6 is 15.9 Å². The maximum absolute atomic E-state index is 13.6. The molecule has 1 aliphatic heterocycles.